The van der Waals surface area contributed by atoms with Crippen molar-refractivity contribution >= 4 is 11.9 Å². The van der Waals surface area contributed by atoms with Gasteiger partial charge in [0.25, 0.3) is 0 Å². The number of unbranched alkanes of at least 4 members (excludes halogenated alkanes) is 22. The zero-order chi connectivity index (χ0) is 42.2. The quantitative estimate of drug-likeness (QED) is 0.0372. The number of nitrogens with zero attached hydrogens (tertiary/aromatic N) is 2. The van der Waals surface area contributed by atoms with Crippen molar-refractivity contribution in [2.75, 3.05) is 39.4 Å². The Bertz CT molecular complexity index is 921. The topological polar surface area (TPSA) is 97.3 Å². The van der Waals surface area contributed by atoms with Gasteiger partial charge in [-0.2, -0.15) is 4.91 Å². The van der Waals surface area contributed by atoms with Crippen molar-refractivity contribution < 1.29 is 19.1 Å². The van der Waals surface area contributed by atoms with E-state index >= 15 is 0 Å². The highest BCUT2D eigenvalue weighted by atomic mass is 16.5. The van der Waals surface area contributed by atoms with Crippen LogP contribution in [-0.4, -0.2) is 68.3 Å². The van der Waals surface area contributed by atoms with Gasteiger partial charge in [0.05, 0.1) is 31.6 Å². The molecule has 1 saturated heterocycles. The van der Waals surface area contributed by atoms with E-state index in [1.165, 1.54) is 135 Å². The lowest BCUT2D eigenvalue weighted by atomic mass is 9.94. The van der Waals surface area contributed by atoms with Crippen molar-refractivity contribution in [3.05, 3.63) is 4.91 Å². The van der Waals surface area contributed by atoms with Gasteiger partial charge in [-0.25, -0.2) is 0 Å². The first-order valence-electron chi connectivity index (χ1n) is 25.6. The predicted octanol–water partition coefficient (Wildman–Crippen LogP) is 14.1. The highest BCUT2D eigenvalue weighted by Crippen LogP contribution is 2.22. The Morgan fingerprint density at radius 2 is 0.914 bits per heavy atom. The molecule has 1 aliphatic rings. The minimum absolute atomic E-state index is 0.0210. The maximum absolute atomic E-state index is 13.1. The van der Waals surface area contributed by atoms with E-state index in [2.05, 4.69) is 43.1 Å². The van der Waals surface area contributed by atoms with Gasteiger partial charge >= 0.3 is 11.9 Å². The third-order valence-electron chi connectivity index (χ3n) is 12.7. The third kappa shape index (κ3) is 31.4. The molecule has 1 aliphatic heterocycles. The summed E-state index contributed by atoms with van der Waals surface area (Å²) in [4.78, 5) is 38.8. The Morgan fingerprint density at radius 3 is 1.40 bits per heavy atom. The second-order valence-electron chi connectivity index (χ2n) is 18.1. The Hall–Kier alpha value is -1.54. The first-order valence-corrected chi connectivity index (χ1v) is 25.6. The highest BCUT2D eigenvalue weighted by molar-refractivity contribution is 5.72. The van der Waals surface area contributed by atoms with Crippen molar-refractivity contribution in [2.45, 2.75) is 258 Å². The standard InChI is InChI=1S/C50H97N3O5/c1-5-9-12-16-25-34-45(8-4)49(54)57-41-32-23-19-28-37-47-43-53(40-31-22-15-21-30-39-51-56)44-48(52-47)38-29-20-24-33-42-58-50(55)46(35-26-17-13-10-6-2)36-27-18-14-11-7-3/h45-48,52H,5-44H2,1-4H3. The molecule has 0 aromatic carbocycles. The van der Waals surface area contributed by atoms with Crippen LogP contribution >= 0.6 is 0 Å². The van der Waals surface area contributed by atoms with Crippen LogP contribution in [0.4, 0.5) is 0 Å². The normalized spacial score (nSPS) is 16.5. The van der Waals surface area contributed by atoms with Gasteiger partial charge in [-0.15, -0.1) is 0 Å². The average Bonchev–Trinajstić information content (AvgIpc) is 3.22. The van der Waals surface area contributed by atoms with Crippen LogP contribution in [0.25, 0.3) is 0 Å². The van der Waals surface area contributed by atoms with Crippen LogP contribution in [0.5, 0.6) is 0 Å². The fourth-order valence-corrected chi connectivity index (χ4v) is 8.84. The second kappa shape index (κ2) is 40.8. The summed E-state index contributed by atoms with van der Waals surface area (Å²) in [5.74, 6) is 0.247. The Balaban J connectivity index is 2.42. The largest absolute Gasteiger partial charge is 0.465 e. The summed E-state index contributed by atoms with van der Waals surface area (Å²) in [6.07, 6.45) is 39.6. The van der Waals surface area contributed by atoms with Gasteiger partial charge in [0.2, 0.25) is 0 Å². The summed E-state index contributed by atoms with van der Waals surface area (Å²) >= 11 is 0. The first-order chi connectivity index (χ1) is 28.5. The molecule has 0 saturated carbocycles. The molecule has 342 valence electrons. The summed E-state index contributed by atoms with van der Waals surface area (Å²) in [6, 6.07) is 1.06. The molecule has 0 spiro atoms. The zero-order valence-electron chi connectivity index (χ0n) is 39.0. The van der Waals surface area contributed by atoms with E-state index in [4.69, 9.17) is 9.47 Å². The molecular weight excluding hydrogens is 723 g/mol. The molecule has 3 atom stereocenters. The van der Waals surface area contributed by atoms with E-state index in [1.54, 1.807) is 0 Å². The molecule has 1 N–H and O–H groups in total. The number of hydrogen-bond acceptors (Lipinski definition) is 8. The SMILES string of the molecule is CCCCCCCC(CC)C(=O)OCCCCCCC1CN(CCCCCCCN=O)CC(CCCCCCOC(=O)C(CCCCCCC)CCCCCCC)N1. The molecule has 0 aromatic heterocycles. The van der Waals surface area contributed by atoms with Crippen LogP contribution in [0.15, 0.2) is 5.18 Å². The lowest BCUT2D eigenvalue weighted by Crippen LogP contribution is -2.56. The minimum atomic E-state index is 0.0210. The Kier molecular flexibility index (Phi) is 38.4. The third-order valence-corrected chi connectivity index (χ3v) is 12.7. The Morgan fingerprint density at radius 1 is 0.517 bits per heavy atom. The molecule has 0 aliphatic carbocycles. The van der Waals surface area contributed by atoms with Gasteiger partial charge in [-0.1, -0.05) is 187 Å². The minimum Gasteiger partial charge on any atom is -0.465 e. The fraction of sp³-hybridized carbons (Fsp3) is 0.960. The first kappa shape index (κ1) is 54.5. The summed E-state index contributed by atoms with van der Waals surface area (Å²) in [5.41, 5.74) is 0. The van der Waals surface area contributed by atoms with E-state index in [0.717, 1.165) is 103 Å². The maximum atomic E-state index is 13.1. The van der Waals surface area contributed by atoms with Crippen LogP contribution in [0.2, 0.25) is 0 Å². The zero-order valence-corrected chi connectivity index (χ0v) is 39.0. The number of piperazine rings is 1. The van der Waals surface area contributed by atoms with E-state index < -0.39 is 0 Å². The predicted molar refractivity (Wildman–Crippen MR) is 246 cm³/mol. The van der Waals surface area contributed by atoms with Gasteiger partial charge in [-0.3, -0.25) is 9.59 Å². The lowest BCUT2D eigenvalue weighted by molar-refractivity contribution is -0.150. The van der Waals surface area contributed by atoms with Crippen molar-refractivity contribution in [1.29, 1.82) is 0 Å². The molecule has 1 heterocycles. The summed E-state index contributed by atoms with van der Waals surface area (Å²) < 4.78 is 11.6. The molecule has 0 radical (unpaired) electrons. The van der Waals surface area contributed by atoms with Crippen molar-refractivity contribution in [3.8, 4) is 0 Å². The number of nitroso groups, excluding NO2 is 1. The molecule has 1 rings (SSSR count). The fourth-order valence-electron chi connectivity index (χ4n) is 8.84. The van der Waals surface area contributed by atoms with Crippen molar-refractivity contribution in [2.24, 2.45) is 17.0 Å². The number of esters is 2. The number of ether oxygens (including phenoxy) is 2. The van der Waals surface area contributed by atoms with Crippen LogP contribution in [0.3, 0.4) is 0 Å². The number of rotatable bonds is 43. The van der Waals surface area contributed by atoms with Crippen LogP contribution in [-0.2, 0) is 19.1 Å². The molecule has 8 heteroatoms. The van der Waals surface area contributed by atoms with Crippen molar-refractivity contribution in [1.82, 2.24) is 10.2 Å². The number of carbonyl (C=O) groups is 2. The number of carbonyl (C=O) groups excluding carboxylic acids is 2. The van der Waals surface area contributed by atoms with Crippen LogP contribution in [0.1, 0.15) is 246 Å². The van der Waals surface area contributed by atoms with Gasteiger partial charge in [0.1, 0.15) is 0 Å². The monoisotopic (exact) mass is 820 g/mol. The number of nitrogens with one attached hydrogen (secondary N) is 1. The maximum Gasteiger partial charge on any atom is 0.308 e. The van der Waals surface area contributed by atoms with Gasteiger partial charge in [0, 0.05) is 25.2 Å². The van der Waals surface area contributed by atoms with Gasteiger partial charge < -0.3 is 19.7 Å². The van der Waals surface area contributed by atoms with Crippen molar-refractivity contribution in [3.63, 3.8) is 0 Å². The summed E-state index contributed by atoms with van der Waals surface area (Å²) in [5, 5.41) is 7.04. The summed E-state index contributed by atoms with van der Waals surface area (Å²) in [6.45, 7) is 13.9. The van der Waals surface area contributed by atoms with E-state index in [1.807, 2.05) is 0 Å². The molecule has 0 aromatic rings. The summed E-state index contributed by atoms with van der Waals surface area (Å²) in [7, 11) is 0. The average molecular weight is 820 g/mol. The molecule has 1 fully saturated rings. The Labute approximate surface area is 359 Å². The molecule has 58 heavy (non-hydrogen) atoms. The lowest BCUT2D eigenvalue weighted by Gasteiger charge is -2.39. The van der Waals surface area contributed by atoms with E-state index in [9.17, 15) is 14.5 Å². The highest BCUT2D eigenvalue weighted by Gasteiger charge is 2.26. The van der Waals surface area contributed by atoms with Gasteiger partial charge in [-0.05, 0) is 70.8 Å². The van der Waals surface area contributed by atoms with Crippen LogP contribution in [0, 0.1) is 16.7 Å². The van der Waals surface area contributed by atoms with Crippen LogP contribution < -0.4 is 5.32 Å². The molecule has 8 nitrogen and oxygen atoms in total. The molecule has 3 unspecified atom stereocenters. The second-order valence-corrected chi connectivity index (χ2v) is 18.1. The van der Waals surface area contributed by atoms with Gasteiger partial charge in [0.15, 0.2) is 0 Å². The smallest absolute Gasteiger partial charge is 0.308 e. The molecular formula is C50H97N3O5. The van der Waals surface area contributed by atoms with E-state index in [0.29, 0.717) is 31.8 Å². The molecule has 0 bridgehead atoms. The molecule has 0 amide bonds. The number of hydrogen-bond donors (Lipinski definition) is 1. The van der Waals surface area contributed by atoms with E-state index in [-0.39, 0.29) is 23.8 Å².